The molecule has 0 spiro atoms. The van der Waals surface area contributed by atoms with E-state index in [2.05, 4.69) is 4.98 Å². The Hall–Kier alpha value is -4.06. The third kappa shape index (κ3) is 6.01. The summed E-state index contributed by atoms with van der Waals surface area (Å²) in [6.45, 7) is 1.19. The highest BCUT2D eigenvalue weighted by atomic mass is 32.1. The van der Waals surface area contributed by atoms with Crippen LogP contribution in [0.4, 0.5) is 29.7 Å². The summed E-state index contributed by atoms with van der Waals surface area (Å²) >= 11 is 1.000. The molecule has 12 heteroatoms. The van der Waals surface area contributed by atoms with Crippen molar-refractivity contribution in [1.29, 1.82) is 0 Å². The van der Waals surface area contributed by atoms with E-state index in [9.17, 15) is 32.9 Å². The Balaban J connectivity index is 1.74. The molecule has 0 aliphatic heterocycles. The van der Waals surface area contributed by atoms with Crippen LogP contribution in [0.3, 0.4) is 0 Å². The molecule has 0 bridgehead atoms. The lowest BCUT2D eigenvalue weighted by Crippen LogP contribution is -2.23. The Labute approximate surface area is 188 Å². The lowest BCUT2D eigenvalue weighted by atomic mass is 10.2. The maximum atomic E-state index is 13.0. The van der Waals surface area contributed by atoms with E-state index in [4.69, 9.17) is 4.74 Å². The van der Waals surface area contributed by atoms with E-state index >= 15 is 0 Å². The number of alkyl halides is 3. The molecule has 0 atom stereocenters. The average Bonchev–Trinajstić information content (AvgIpc) is 3.20. The number of nitro groups is 1. The Kier molecular flexibility index (Phi) is 6.87. The number of carbonyl (C=O) groups is 2. The number of hydrogen-bond donors (Lipinski definition) is 0. The topological polar surface area (TPSA) is 103 Å². The second kappa shape index (κ2) is 9.61. The quantitative estimate of drug-likeness (QED) is 0.155. The minimum atomic E-state index is -4.57. The van der Waals surface area contributed by atoms with Gasteiger partial charge in [-0.25, -0.2) is 9.78 Å². The molecule has 1 heterocycles. The van der Waals surface area contributed by atoms with Crippen molar-refractivity contribution in [1.82, 2.24) is 4.98 Å². The van der Waals surface area contributed by atoms with Crippen molar-refractivity contribution < 1.29 is 32.4 Å². The molecule has 0 aliphatic carbocycles. The SMILES string of the molecule is CC(=O)N(c1cccc(C(F)(F)F)c1)c1nc(/C=C/C(=O)Oc2ccc([N+](=O)[O-])cc2)cs1. The summed E-state index contributed by atoms with van der Waals surface area (Å²) in [4.78, 5) is 39.4. The first-order valence-electron chi connectivity index (χ1n) is 9.12. The van der Waals surface area contributed by atoms with Crippen LogP contribution in [-0.4, -0.2) is 21.8 Å². The summed E-state index contributed by atoms with van der Waals surface area (Å²) in [5.41, 5.74) is -0.790. The van der Waals surface area contributed by atoms with E-state index in [0.29, 0.717) is 0 Å². The number of aromatic nitrogens is 1. The molecule has 0 aliphatic rings. The highest BCUT2D eigenvalue weighted by Gasteiger charge is 2.31. The van der Waals surface area contributed by atoms with E-state index < -0.39 is 28.5 Å². The molecule has 33 heavy (non-hydrogen) atoms. The van der Waals surface area contributed by atoms with Crippen LogP contribution < -0.4 is 9.64 Å². The maximum absolute atomic E-state index is 13.0. The number of non-ortho nitro benzene ring substituents is 1. The highest BCUT2D eigenvalue weighted by Crippen LogP contribution is 2.35. The second-order valence-corrected chi connectivity index (χ2v) is 7.30. The summed E-state index contributed by atoms with van der Waals surface area (Å²) in [5, 5.41) is 12.3. The first-order chi connectivity index (χ1) is 15.5. The smallest absolute Gasteiger partial charge is 0.416 e. The van der Waals surface area contributed by atoms with Gasteiger partial charge < -0.3 is 4.74 Å². The number of nitro benzene ring substituents is 1. The van der Waals surface area contributed by atoms with E-state index in [0.717, 1.165) is 34.4 Å². The summed E-state index contributed by atoms with van der Waals surface area (Å²) in [5.74, 6) is -1.22. The largest absolute Gasteiger partial charge is 0.423 e. The zero-order valence-corrected chi connectivity index (χ0v) is 17.6. The fraction of sp³-hybridized carbons (Fsp3) is 0.0952. The second-order valence-electron chi connectivity index (χ2n) is 6.46. The van der Waals surface area contributed by atoms with Gasteiger partial charge in [0.15, 0.2) is 5.13 Å². The number of ether oxygens (including phenoxy) is 1. The zero-order valence-electron chi connectivity index (χ0n) is 16.8. The van der Waals surface area contributed by atoms with Gasteiger partial charge >= 0.3 is 12.1 Å². The lowest BCUT2D eigenvalue weighted by Gasteiger charge is -2.19. The lowest BCUT2D eigenvalue weighted by molar-refractivity contribution is -0.384. The molecule has 0 unspecified atom stereocenters. The zero-order chi connectivity index (χ0) is 24.2. The van der Waals surface area contributed by atoms with Crippen LogP contribution in [0.2, 0.25) is 0 Å². The van der Waals surface area contributed by atoms with Crippen LogP contribution in [-0.2, 0) is 15.8 Å². The molecule has 0 N–H and O–H groups in total. The monoisotopic (exact) mass is 477 g/mol. The molecular formula is C21H14F3N3O5S. The van der Waals surface area contributed by atoms with Crippen LogP contribution in [0.25, 0.3) is 6.08 Å². The van der Waals surface area contributed by atoms with Crippen LogP contribution >= 0.6 is 11.3 Å². The van der Waals surface area contributed by atoms with Gasteiger partial charge in [-0.05, 0) is 36.4 Å². The fourth-order valence-electron chi connectivity index (χ4n) is 2.64. The first-order valence-corrected chi connectivity index (χ1v) is 10.0. The third-order valence-corrected chi connectivity index (χ3v) is 4.95. The number of esters is 1. The number of nitrogens with zero attached hydrogens (tertiary/aromatic N) is 3. The molecule has 1 amide bonds. The Bertz CT molecular complexity index is 1220. The number of halogens is 3. The van der Waals surface area contributed by atoms with Crippen LogP contribution in [0.5, 0.6) is 5.75 Å². The first kappa shape index (κ1) is 23.6. The van der Waals surface area contributed by atoms with Gasteiger partial charge in [0.1, 0.15) is 5.75 Å². The number of carbonyl (C=O) groups excluding carboxylic acids is 2. The van der Waals surface area contributed by atoms with E-state index in [1.54, 1.807) is 0 Å². The molecule has 1 aromatic heterocycles. The van der Waals surface area contributed by atoms with Gasteiger partial charge in [0, 0.05) is 30.5 Å². The number of rotatable bonds is 6. The van der Waals surface area contributed by atoms with E-state index in [1.807, 2.05) is 0 Å². The Morgan fingerprint density at radius 2 is 1.88 bits per heavy atom. The van der Waals surface area contributed by atoms with Crippen molar-refractivity contribution in [3.63, 3.8) is 0 Å². The van der Waals surface area contributed by atoms with Crippen molar-refractivity contribution >= 4 is 45.8 Å². The molecule has 0 radical (unpaired) electrons. The molecular weight excluding hydrogens is 463 g/mol. The van der Waals surface area contributed by atoms with Crippen molar-refractivity contribution in [2.75, 3.05) is 4.90 Å². The standard InChI is InChI=1S/C21H14F3N3O5S/c1-13(28)26(17-4-2-3-14(11-17)21(22,23)24)20-25-15(12-33-20)5-10-19(29)32-18-8-6-16(7-9-18)27(30)31/h2-12H,1H3/b10-5+. The van der Waals surface area contributed by atoms with Crippen molar-refractivity contribution in [2.24, 2.45) is 0 Å². The summed E-state index contributed by atoms with van der Waals surface area (Å²) in [6, 6.07) is 9.20. The number of benzene rings is 2. The predicted octanol–water partition coefficient (Wildman–Crippen LogP) is 5.37. The van der Waals surface area contributed by atoms with Crippen LogP contribution in [0.15, 0.2) is 60.0 Å². The number of anilines is 2. The van der Waals surface area contributed by atoms with Crippen LogP contribution in [0.1, 0.15) is 18.2 Å². The van der Waals surface area contributed by atoms with E-state index in [-0.39, 0.29) is 27.9 Å². The molecule has 0 saturated heterocycles. The van der Waals surface area contributed by atoms with Crippen LogP contribution in [0, 0.1) is 10.1 Å². The molecule has 0 saturated carbocycles. The molecule has 8 nitrogen and oxygen atoms in total. The van der Waals surface area contributed by atoms with Gasteiger partial charge in [0.2, 0.25) is 5.91 Å². The fourth-order valence-corrected chi connectivity index (χ4v) is 3.50. The van der Waals surface area contributed by atoms with Gasteiger partial charge in [-0.15, -0.1) is 11.3 Å². The molecule has 170 valence electrons. The van der Waals surface area contributed by atoms with Gasteiger partial charge in [-0.2, -0.15) is 13.2 Å². The maximum Gasteiger partial charge on any atom is 0.416 e. The minimum absolute atomic E-state index is 0.000199. The minimum Gasteiger partial charge on any atom is -0.423 e. The van der Waals surface area contributed by atoms with Crippen molar-refractivity contribution in [2.45, 2.75) is 13.1 Å². The van der Waals surface area contributed by atoms with Crippen molar-refractivity contribution in [3.05, 3.63) is 81.4 Å². The normalized spacial score (nSPS) is 11.4. The van der Waals surface area contributed by atoms with Gasteiger partial charge in [-0.1, -0.05) is 6.07 Å². The molecule has 3 rings (SSSR count). The molecule has 3 aromatic rings. The molecule has 0 fully saturated rings. The molecule has 2 aromatic carbocycles. The van der Waals surface area contributed by atoms with Crippen molar-refractivity contribution in [3.8, 4) is 5.75 Å². The number of amides is 1. The van der Waals surface area contributed by atoms with Gasteiger partial charge in [0.25, 0.3) is 5.69 Å². The third-order valence-electron chi connectivity index (χ3n) is 4.10. The Morgan fingerprint density at radius 1 is 1.18 bits per heavy atom. The number of hydrogen-bond acceptors (Lipinski definition) is 7. The average molecular weight is 477 g/mol. The summed E-state index contributed by atoms with van der Waals surface area (Å²) in [6.07, 6.45) is -2.21. The summed E-state index contributed by atoms with van der Waals surface area (Å²) < 4.78 is 44.1. The van der Waals surface area contributed by atoms with Gasteiger partial charge in [0.05, 0.1) is 21.9 Å². The number of thiazole rings is 1. The highest BCUT2D eigenvalue weighted by molar-refractivity contribution is 7.14. The summed E-state index contributed by atoms with van der Waals surface area (Å²) in [7, 11) is 0. The Morgan fingerprint density at radius 3 is 2.48 bits per heavy atom. The van der Waals surface area contributed by atoms with E-state index in [1.165, 1.54) is 54.8 Å². The van der Waals surface area contributed by atoms with Gasteiger partial charge in [-0.3, -0.25) is 19.8 Å². The predicted molar refractivity (Wildman–Crippen MR) is 114 cm³/mol.